The summed E-state index contributed by atoms with van der Waals surface area (Å²) < 4.78 is 0.922. The summed E-state index contributed by atoms with van der Waals surface area (Å²) in [5.41, 5.74) is 5.25. The molecule has 0 aromatic carbocycles. The SMILES string of the molecule is CC1=CC2=C(CCCC2)[CH]1[Ti]([CH3])([CH3])[CH3]. The molecule has 1 unspecified atom stereocenters. The zero-order chi connectivity index (χ0) is 10.3. The van der Waals surface area contributed by atoms with Crippen LogP contribution in [-0.4, -0.2) is 0 Å². The van der Waals surface area contributed by atoms with Crippen molar-refractivity contribution in [2.24, 2.45) is 0 Å². The third-order valence-electron chi connectivity index (χ3n) is 3.63. The molecule has 2 rings (SSSR count). The van der Waals surface area contributed by atoms with E-state index in [9.17, 15) is 0 Å². The molecule has 78 valence electrons. The molecule has 1 heteroatoms. The first-order valence-electron chi connectivity index (χ1n) is 5.90. The molecule has 0 saturated heterocycles. The second kappa shape index (κ2) is 3.65. The van der Waals surface area contributed by atoms with Crippen molar-refractivity contribution < 1.29 is 16.6 Å². The van der Waals surface area contributed by atoms with Crippen LogP contribution in [0.3, 0.4) is 0 Å². The van der Waals surface area contributed by atoms with Crippen LogP contribution in [0, 0.1) is 0 Å². The van der Waals surface area contributed by atoms with E-state index in [1.54, 1.807) is 11.1 Å². The fraction of sp³-hybridized carbons (Fsp3) is 0.692. The van der Waals surface area contributed by atoms with Crippen molar-refractivity contribution in [3.05, 3.63) is 22.8 Å². The molecule has 2 aliphatic carbocycles. The van der Waals surface area contributed by atoms with E-state index in [4.69, 9.17) is 0 Å². The van der Waals surface area contributed by atoms with E-state index in [1.807, 2.05) is 5.57 Å². The molecule has 14 heavy (non-hydrogen) atoms. The Morgan fingerprint density at radius 3 is 2.43 bits per heavy atom. The van der Waals surface area contributed by atoms with Crippen LogP contribution in [0.2, 0.25) is 19.9 Å². The van der Waals surface area contributed by atoms with Crippen LogP contribution in [-0.2, 0) is 16.6 Å². The Morgan fingerprint density at radius 1 is 1.14 bits per heavy atom. The van der Waals surface area contributed by atoms with Gasteiger partial charge in [-0.15, -0.1) is 0 Å². The monoisotopic (exact) mass is 226 g/mol. The van der Waals surface area contributed by atoms with Gasteiger partial charge in [-0.05, 0) is 0 Å². The molecular weight excluding hydrogens is 204 g/mol. The molecule has 0 saturated carbocycles. The van der Waals surface area contributed by atoms with Gasteiger partial charge in [-0.2, -0.15) is 0 Å². The van der Waals surface area contributed by atoms with E-state index in [0.29, 0.717) is 0 Å². The maximum atomic E-state index is 2.56. The Bertz CT molecular complexity index is 302. The van der Waals surface area contributed by atoms with Gasteiger partial charge in [0.15, 0.2) is 0 Å². The zero-order valence-corrected chi connectivity index (χ0v) is 11.5. The number of hydrogen-bond donors (Lipinski definition) is 0. The molecule has 1 atom stereocenters. The van der Waals surface area contributed by atoms with Crippen LogP contribution in [0.1, 0.15) is 32.6 Å². The van der Waals surface area contributed by atoms with Crippen LogP contribution in [0.15, 0.2) is 22.8 Å². The van der Waals surface area contributed by atoms with Crippen molar-refractivity contribution in [3.8, 4) is 0 Å². The standard InChI is InChI=1S/C10H13.3CH3.Ti/c1-8-6-9-4-2-3-5-10(9)7-8;;;;/h6-7H,2-5H2,1H3;3*1H3;. The minimum atomic E-state index is -1.52. The molecule has 0 spiro atoms. The summed E-state index contributed by atoms with van der Waals surface area (Å²) in [5.74, 6) is 0. The van der Waals surface area contributed by atoms with E-state index in [2.05, 4.69) is 28.7 Å². The van der Waals surface area contributed by atoms with Crippen LogP contribution in [0.5, 0.6) is 0 Å². The second-order valence-corrected chi connectivity index (χ2v) is 14.2. The van der Waals surface area contributed by atoms with Gasteiger partial charge < -0.3 is 0 Å². The number of rotatable bonds is 1. The third-order valence-corrected chi connectivity index (χ3v) is 7.59. The number of hydrogen-bond acceptors (Lipinski definition) is 0. The summed E-state index contributed by atoms with van der Waals surface area (Å²) >= 11 is -1.52. The Morgan fingerprint density at radius 2 is 1.79 bits per heavy atom. The minimum absolute atomic E-state index is 0.922. The first-order chi connectivity index (χ1) is 6.50. The van der Waals surface area contributed by atoms with Crippen molar-refractivity contribution in [1.29, 1.82) is 0 Å². The van der Waals surface area contributed by atoms with Gasteiger partial charge in [0.05, 0.1) is 0 Å². The first kappa shape index (κ1) is 10.7. The third kappa shape index (κ3) is 1.79. The fourth-order valence-electron chi connectivity index (χ4n) is 3.29. The van der Waals surface area contributed by atoms with Crippen molar-refractivity contribution in [3.63, 3.8) is 0 Å². The van der Waals surface area contributed by atoms with Crippen molar-refractivity contribution in [2.45, 2.75) is 52.5 Å². The van der Waals surface area contributed by atoms with Crippen molar-refractivity contribution >= 4 is 0 Å². The van der Waals surface area contributed by atoms with Gasteiger partial charge in [0.1, 0.15) is 0 Å². The van der Waals surface area contributed by atoms with Gasteiger partial charge in [0, 0.05) is 0 Å². The van der Waals surface area contributed by atoms with Crippen molar-refractivity contribution in [2.75, 3.05) is 0 Å². The van der Waals surface area contributed by atoms with Crippen molar-refractivity contribution in [1.82, 2.24) is 0 Å². The Kier molecular flexibility index (Phi) is 2.79. The van der Waals surface area contributed by atoms with Crippen LogP contribution in [0.4, 0.5) is 0 Å². The molecular formula is C13H22Ti. The average Bonchev–Trinajstić information content (AvgIpc) is 2.38. The topological polar surface area (TPSA) is 0 Å². The molecule has 0 aromatic heterocycles. The molecule has 0 bridgehead atoms. The van der Waals surface area contributed by atoms with Gasteiger partial charge in [0.2, 0.25) is 0 Å². The quantitative estimate of drug-likeness (QED) is 0.557. The average molecular weight is 226 g/mol. The van der Waals surface area contributed by atoms with Gasteiger partial charge in [-0.25, -0.2) is 0 Å². The normalized spacial score (nSPS) is 27.7. The van der Waals surface area contributed by atoms with Gasteiger partial charge in [0.25, 0.3) is 0 Å². The summed E-state index contributed by atoms with van der Waals surface area (Å²) in [6, 6.07) is 0. The fourth-order valence-corrected chi connectivity index (χ4v) is 7.70. The molecule has 0 N–H and O–H groups in total. The summed E-state index contributed by atoms with van der Waals surface area (Å²) in [5, 5.41) is 7.69. The number of allylic oxidation sites excluding steroid dienone is 4. The van der Waals surface area contributed by atoms with Gasteiger partial charge >= 0.3 is 91.9 Å². The predicted octanol–water partition coefficient (Wildman–Crippen LogP) is 4.90. The van der Waals surface area contributed by atoms with Gasteiger partial charge in [-0.1, -0.05) is 0 Å². The summed E-state index contributed by atoms with van der Waals surface area (Å²) in [6.07, 6.45) is 8.13. The molecule has 2 aliphatic rings. The molecule has 0 fully saturated rings. The summed E-state index contributed by atoms with van der Waals surface area (Å²) in [7, 11) is 0. The van der Waals surface area contributed by atoms with E-state index < -0.39 is 16.6 Å². The van der Waals surface area contributed by atoms with E-state index >= 15 is 0 Å². The van der Waals surface area contributed by atoms with E-state index in [1.165, 1.54) is 25.7 Å². The Hall–Kier alpha value is 0.194. The molecule has 0 nitrogen and oxygen atoms in total. The maximum absolute atomic E-state index is 2.56. The molecule has 0 aliphatic heterocycles. The van der Waals surface area contributed by atoms with Gasteiger partial charge in [-0.3, -0.25) is 0 Å². The molecule has 0 radical (unpaired) electrons. The Balaban J connectivity index is 2.34. The van der Waals surface area contributed by atoms with Crippen LogP contribution in [0.25, 0.3) is 0 Å². The summed E-state index contributed by atoms with van der Waals surface area (Å²) in [4.78, 5) is 0. The van der Waals surface area contributed by atoms with E-state index in [0.717, 1.165) is 4.22 Å². The first-order valence-corrected chi connectivity index (χ1v) is 11.5. The second-order valence-electron chi connectivity index (χ2n) is 5.94. The molecule has 0 heterocycles. The Labute approximate surface area is 91.8 Å². The predicted molar refractivity (Wildman–Crippen MR) is 60.6 cm³/mol. The molecule has 0 aromatic rings. The van der Waals surface area contributed by atoms with Crippen LogP contribution < -0.4 is 0 Å². The summed E-state index contributed by atoms with van der Waals surface area (Å²) in [6.45, 7) is 2.36. The zero-order valence-electron chi connectivity index (χ0n) is 9.98. The van der Waals surface area contributed by atoms with E-state index in [-0.39, 0.29) is 0 Å². The van der Waals surface area contributed by atoms with Crippen LogP contribution >= 0.6 is 0 Å². The molecule has 0 amide bonds.